The van der Waals surface area contributed by atoms with Gasteiger partial charge in [0, 0.05) is 6.07 Å². The smallest absolute Gasteiger partial charge is 0.256 e. The first-order chi connectivity index (χ1) is 9.52. The molecule has 5 atom stereocenters. The van der Waals surface area contributed by atoms with Gasteiger partial charge in [0.2, 0.25) is 6.29 Å². The maximum absolute atomic E-state index is 9.68. The second kappa shape index (κ2) is 6.31. The molecule has 2 heterocycles. The second-order valence-electron chi connectivity index (χ2n) is 4.31. The fourth-order valence-corrected chi connectivity index (χ4v) is 1.68. The van der Waals surface area contributed by atoms with Gasteiger partial charge >= 0.3 is 0 Å². The van der Waals surface area contributed by atoms with E-state index in [1.54, 1.807) is 0 Å². The van der Waals surface area contributed by atoms with Crippen molar-refractivity contribution in [1.29, 1.82) is 0 Å². The van der Waals surface area contributed by atoms with E-state index in [9.17, 15) is 15.3 Å². The fraction of sp³-hybridized carbons (Fsp3) is 0.545. The molecule has 0 amide bonds. The molecule has 1 aliphatic rings. The van der Waals surface area contributed by atoms with Gasteiger partial charge in [-0.3, -0.25) is 0 Å². The molecule has 0 saturated carbocycles. The average Bonchev–Trinajstić information content (AvgIpc) is 2.46. The number of anilines is 1. The lowest BCUT2D eigenvalue weighted by molar-refractivity contribution is -0.387. The summed E-state index contributed by atoms with van der Waals surface area (Å²) in [6, 6.07) is 2.96. The summed E-state index contributed by atoms with van der Waals surface area (Å²) in [7, 11) is 0. The maximum Gasteiger partial charge on any atom is 0.256 e. The standard InChI is InChI=1S/C11H16N2O7/c12-5-1-2-7(13-3-5)19-20-11-10(17)9(16)8(15)6(4-14)18-11/h1-3,6,8-11,14-17H,4,12H2/t6-,8-,9+,10-,11+/m1/s1. The summed E-state index contributed by atoms with van der Waals surface area (Å²) < 4.78 is 5.07. The van der Waals surface area contributed by atoms with Crippen LogP contribution in [-0.4, -0.2) is 62.7 Å². The van der Waals surface area contributed by atoms with Crippen LogP contribution in [0.1, 0.15) is 0 Å². The van der Waals surface area contributed by atoms with Gasteiger partial charge in [-0.15, -0.1) is 0 Å². The highest BCUT2D eigenvalue weighted by atomic mass is 17.2. The highest BCUT2D eigenvalue weighted by Gasteiger charge is 2.45. The molecule has 1 saturated heterocycles. The monoisotopic (exact) mass is 288 g/mol. The number of pyridine rings is 1. The molecule has 1 aromatic rings. The van der Waals surface area contributed by atoms with Crippen molar-refractivity contribution in [1.82, 2.24) is 4.98 Å². The van der Waals surface area contributed by atoms with E-state index in [0.717, 1.165) is 0 Å². The van der Waals surface area contributed by atoms with Gasteiger partial charge in [-0.1, -0.05) is 0 Å². The Kier molecular flexibility index (Phi) is 4.70. The summed E-state index contributed by atoms with van der Waals surface area (Å²) in [5.74, 6) is 0.0659. The Hall–Kier alpha value is -1.49. The zero-order valence-electron chi connectivity index (χ0n) is 10.4. The first kappa shape index (κ1) is 14.9. The number of aliphatic hydroxyl groups is 4. The predicted molar refractivity (Wildman–Crippen MR) is 64.1 cm³/mol. The third-order valence-corrected chi connectivity index (χ3v) is 2.84. The number of hydrogen-bond donors (Lipinski definition) is 5. The number of ether oxygens (including phenoxy) is 1. The highest BCUT2D eigenvalue weighted by molar-refractivity contribution is 5.35. The number of aromatic nitrogens is 1. The minimum Gasteiger partial charge on any atom is -0.397 e. The predicted octanol–water partition coefficient (Wildman–Crippen LogP) is -2.23. The third kappa shape index (κ3) is 3.15. The van der Waals surface area contributed by atoms with E-state index >= 15 is 0 Å². The number of aliphatic hydroxyl groups excluding tert-OH is 4. The Labute approximate surface area is 114 Å². The van der Waals surface area contributed by atoms with E-state index in [2.05, 4.69) is 4.98 Å². The van der Waals surface area contributed by atoms with E-state index in [1.807, 2.05) is 0 Å². The van der Waals surface area contributed by atoms with Gasteiger partial charge in [-0.05, 0) is 6.07 Å². The first-order valence-electron chi connectivity index (χ1n) is 5.88. The number of nitrogens with zero attached hydrogens (tertiary/aromatic N) is 1. The van der Waals surface area contributed by atoms with E-state index in [1.165, 1.54) is 18.3 Å². The highest BCUT2D eigenvalue weighted by Crippen LogP contribution is 2.22. The molecule has 0 aliphatic carbocycles. The normalized spacial score (nSPS) is 33.9. The molecule has 0 unspecified atom stereocenters. The van der Waals surface area contributed by atoms with Crippen LogP contribution in [-0.2, 0) is 9.62 Å². The van der Waals surface area contributed by atoms with Crippen molar-refractivity contribution in [3.05, 3.63) is 18.3 Å². The van der Waals surface area contributed by atoms with Crippen molar-refractivity contribution in [2.75, 3.05) is 12.3 Å². The third-order valence-electron chi connectivity index (χ3n) is 2.84. The number of nitrogen functional groups attached to an aromatic ring is 1. The van der Waals surface area contributed by atoms with Gasteiger partial charge in [0.05, 0.1) is 18.5 Å². The van der Waals surface area contributed by atoms with E-state index in [0.29, 0.717) is 5.69 Å². The van der Waals surface area contributed by atoms with Crippen LogP contribution >= 0.6 is 0 Å². The van der Waals surface area contributed by atoms with Crippen molar-refractivity contribution < 1.29 is 34.9 Å². The summed E-state index contributed by atoms with van der Waals surface area (Å²) in [4.78, 5) is 13.4. The summed E-state index contributed by atoms with van der Waals surface area (Å²) in [5.41, 5.74) is 5.88. The molecule has 1 aromatic heterocycles. The van der Waals surface area contributed by atoms with Crippen LogP contribution in [0.25, 0.3) is 0 Å². The van der Waals surface area contributed by atoms with Gasteiger partial charge in [-0.2, -0.15) is 4.89 Å². The summed E-state index contributed by atoms with van der Waals surface area (Å²) in [6.45, 7) is -0.551. The minimum absolute atomic E-state index is 0.0659. The molecule has 1 fully saturated rings. The van der Waals surface area contributed by atoms with Crippen molar-refractivity contribution in [2.45, 2.75) is 30.7 Å². The Balaban J connectivity index is 1.95. The van der Waals surface area contributed by atoms with Crippen LogP contribution in [0.2, 0.25) is 0 Å². The zero-order chi connectivity index (χ0) is 14.7. The molecule has 0 aromatic carbocycles. The average molecular weight is 288 g/mol. The molecule has 0 bridgehead atoms. The van der Waals surface area contributed by atoms with Crippen molar-refractivity contribution >= 4 is 5.69 Å². The molecule has 0 spiro atoms. The molecule has 2 rings (SSSR count). The lowest BCUT2D eigenvalue weighted by Gasteiger charge is -2.38. The zero-order valence-corrected chi connectivity index (χ0v) is 10.4. The van der Waals surface area contributed by atoms with Crippen LogP contribution in [0.4, 0.5) is 5.69 Å². The van der Waals surface area contributed by atoms with Gasteiger partial charge in [0.15, 0.2) is 0 Å². The molecule has 9 heteroatoms. The van der Waals surface area contributed by atoms with Crippen LogP contribution in [0, 0.1) is 0 Å². The van der Waals surface area contributed by atoms with Gasteiger partial charge < -0.3 is 35.8 Å². The fourth-order valence-electron chi connectivity index (χ4n) is 1.68. The quantitative estimate of drug-likeness (QED) is 0.307. The largest absolute Gasteiger partial charge is 0.397 e. The van der Waals surface area contributed by atoms with Gasteiger partial charge in [-0.25, -0.2) is 4.98 Å². The molecular formula is C11H16N2O7. The molecule has 9 nitrogen and oxygen atoms in total. The van der Waals surface area contributed by atoms with E-state index in [4.69, 9.17) is 25.4 Å². The van der Waals surface area contributed by atoms with Crippen LogP contribution < -0.4 is 10.6 Å². The first-order valence-corrected chi connectivity index (χ1v) is 5.88. The molecular weight excluding hydrogens is 272 g/mol. The van der Waals surface area contributed by atoms with Crippen molar-refractivity contribution in [3.8, 4) is 5.88 Å². The summed E-state index contributed by atoms with van der Waals surface area (Å²) in [6.07, 6.45) is -5.64. The number of nitrogens with two attached hydrogens (primary N) is 1. The SMILES string of the molecule is Nc1ccc(OO[C@@H]2O[C@H](CO)[C@@H](O)[C@H](O)[C@H]2O)nc1. The Morgan fingerprint density at radius 2 is 1.95 bits per heavy atom. The molecule has 112 valence electrons. The number of hydrogen-bond acceptors (Lipinski definition) is 9. The number of rotatable bonds is 4. The Morgan fingerprint density at radius 3 is 2.55 bits per heavy atom. The summed E-state index contributed by atoms with van der Waals surface area (Å²) >= 11 is 0. The van der Waals surface area contributed by atoms with Gasteiger partial charge in [0.25, 0.3) is 5.88 Å². The lowest BCUT2D eigenvalue weighted by atomic mass is 9.99. The van der Waals surface area contributed by atoms with Crippen molar-refractivity contribution in [2.24, 2.45) is 0 Å². The molecule has 6 N–H and O–H groups in total. The lowest BCUT2D eigenvalue weighted by Crippen LogP contribution is -2.59. The van der Waals surface area contributed by atoms with E-state index < -0.39 is 37.3 Å². The minimum atomic E-state index is -1.54. The second-order valence-corrected chi connectivity index (χ2v) is 4.31. The van der Waals surface area contributed by atoms with Gasteiger partial charge in [0.1, 0.15) is 24.4 Å². The Morgan fingerprint density at radius 1 is 1.20 bits per heavy atom. The molecule has 20 heavy (non-hydrogen) atoms. The molecule has 0 radical (unpaired) electrons. The van der Waals surface area contributed by atoms with Crippen LogP contribution in [0.5, 0.6) is 5.88 Å². The Bertz CT molecular complexity index is 427. The molecule has 1 aliphatic heterocycles. The van der Waals surface area contributed by atoms with Crippen molar-refractivity contribution in [3.63, 3.8) is 0 Å². The van der Waals surface area contributed by atoms with E-state index in [-0.39, 0.29) is 5.88 Å². The topological polar surface area (TPSA) is 148 Å². The van der Waals surface area contributed by atoms with Crippen LogP contribution in [0.3, 0.4) is 0 Å². The summed E-state index contributed by atoms with van der Waals surface area (Å²) in [5, 5.41) is 37.8. The maximum atomic E-state index is 9.68. The van der Waals surface area contributed by atoms with Crippen LogP contribution in [0.15, 0.2) is 18.3 Å².